The summed E-state index contributed by atoms with van der Waals surface area (Å²) in [5, 5.41) is 3.17. The van der Waals surface area contributed by atoms with E-state index in [4.69, 9.17) is 0 Å². The number of nitrogens with one attached hydrogen (secondary N) is 1. The first kappa shape index (κ1) is 12.1. The second-order valence-electron chi connectivity index (χ2n) is 3.78. The minimum absolute atomic E-state index is 0.992. The number of rotatable bonds is 6. The number of hydrogen-bond donors (Lipinski definition) is 1. The molecule has 0 radical (unpaired) electrons. The van der Waals surface area contributed by atoms with Crippen molar-refractivity contribution in [2.24, 2.45) is 0 Å². The summed E-state index contributed by atoms with van der Waals surface area (Å²) in [4.78, 5) is 6.71. The van der Waals surface area contributed by atoms with Gasteiger partial charge in [-0.25, -0.2) is 0 Å². The van der Waals surface area contributed by atoms with Crippen molar-refractivity contribution in [1.82, 2.24) is 15.2 Å². The Morgan fingerprint density at radius 1 is 1.40 bits per heavy atom. The number of aryl methyl sites for hydroxylation is 1. The Morgan fingerprint density at radius 3 is 2.73 bits per heavy atom. The third kappa shape index (κ3) is 4.40. The summed E-state index contributed by atoms with van der Waals surface area (Å²) >= 11 is 0. The highest BCUT2D eigenvalue weighted by atomic mass is 15.1. The van der Waals surface area contributed by atoms with E-state index in [-0.39, 0.29) is 0 Å². The largest absolute Gasteiger partial charge is 0.318 e. The van der Waals surface area contributed by atoms with Crippen molar-refractivity contribution in [3.8, 4) is 0 Å². The lowest BCUT2D eigenvalue weighted by atomic mass is 10.2. The normalized spacial score (nSPS) is 10.9. The zero-order chi connectivity index (χ0) is 11.1. The molecule has 1 rings (SSSR count). The van der Waals surface area contributed by atoms with Crippen LogP contribution in [-0.4, -0.2) is 36.6 Å². The van der Waals surface area contributed by atoms with E-state index in [1.54, 1.807) is 0 Å². The molecule has 0 atom stereocenters. The van der Waals surface area contributed by atoms with Crippen molar-refractivity contribution in [2.75, 3.05) is 26.7 Å². The summed E-state index contributed by atoms with van der Waals surface area (Å²) in [6.45, 7) is 8.40. The first-order chi connectivity index (χ1) is 7.26. The summed E-state index contributed by atoms with van der Waals surface area (Å²) in [5.74, 6) is 0. The van der Waals surface area contributed by atoms with Gasteiger partial charge in [0.15, 0.2) is 0 Å². The van der Waals surface area contributed by atoms with E-state index in [0.717, 1.165) is 31.9 Å². The molecule has 15 heavy (non-hydrogen) atoms. The molecule has 0 saturated carbocycles. The molecule has 0 bridgehead atoms. The van der Waals surface area contributed by atoms with E-state index >= 15 is 0 Å². The third-order valence-corrected chi connectivity index (χ3v) is 2.50. The van der Waals surface area contributed by atoms with Gasteiger partial charge in [-0.3, -0.25) is 9.88 Å². The van der Waals surface area contributed by atoms with Crippen LogP contribution in [0.4, 0.5) is 0 Å². The number of likely N-dealkylation sites (N-methyl/N-ethyl adjacent to an activating group) is 2. The molecule has 0 aliphatic heterocycles. The number of hydrogen-bond acceptors (Lipinski definition) is 3. The summed E-state index contributed by atoms with van der Waals surface area (Å²) in [6.07, 6.45) is 1.97. The van der Waals surface area contributed by atoms with E-state index in [0.29, 0.717) is 0 Å². The maximum Gasteiger partial charge on any atom is 0.0372 e. The molecule has 0 aromatic carbocycles. The number of pyridine rings is 1. The van der Waals surface area contributed by atoms with E-state index < -0.39 is 0 Å². The lowest BCUT2D eigenvalue weighted by Crippen LogP contribution is -2.30. The van der Waals surface area contributed by atoms with Crippen LogP contribution in [0, 0.1) is 6.92 Å². The number of aromatic nitrogens is 1. The van der Waals surface area contributed by atoms with Gasteiger partial charge in [-0.05, 0) is 32.1 Å². The quantitative estimate of drug-likeness (QED) is 0.765. The molecular weight excluding hydrogens is 186 g/mol. The van der Waals surface area contributed by atoms with Crippen LogP contribution in [0.2, 0.25) is 0 Å². The highest BCUT2D eigenvalue weighted by molar-refractivity contribution is 5.12. The van der Waals surface area contributed by atoms with Crippen LogP contribution in [0.1, 0.15) is 18.2 Å². The predicted molar refractivity (Wildman–Crippen MR) is 63.9 cm³/mol. The number of nitrogens with zero attached hydrogens (tertiary/aromatic N) is 2. The van der Waals surface area contributed by atoms with E-state index in [1.165, 1.54) is 5.56 Å². The molecule has 0 fully saturated rings. The lowest BCUT2D eigenvalue weighted by molar-refractivity contribution is 0.281. The fourth-order valence-electron chi connectivity index (χ4n) is 1.47. The van der Waals surface area contributed by atoms with E-state index in [9.17, 15) is 0 Å². The third-order valence-electron chi connectivity index (χ3n) is 2.50. The Kier molecular flexibility index (Phi) is 5.29. The molecule has 3 heteroatoms. The van der Waals surface area contributed by atoms with E-state index in [1.807, 2.05) is 20.2 Å². The minimum atomic E-state index is 0.992. The maximum absolute atomic E-state index is 4.30. The minimum Gasteiger partial charge on any atom is -0.318 e. The van der Waals surface area contributed by atoms with Gasteiger partial charge < -0.3 is 5.32 Å². The van der Waals surface area contributed by atoms with Gasteiger partial charge in [0.1, 0.15) is 0 Å². The molecule has 1 N–H and O–H groups in total. The zero-order valence-corrected chi connectivity index (χ0v) is 9.95. The van der Waals surface area contributed by atoms with Gasteiger partial charge in [-0.1, -0.05) is 13.0 Å². The summed E-state index contributed by atoms with van der Waals surface area (Å²) in [7, 11) is 1.99. The van der Waals surface area contributed by atoms with E-state index in [2.05, 4.69) is 34.3 Å². The van der Waals surface area contributed by atoms with Gasteiger partial charge in [-0.2, -0.15) is 0 Å². The van der Waals surface area contributed by atoms with Crippen LogP contribution in [-0.2, 0) is 6.54 Å². The molecule has 3 nitrogen and oxygen atoms in total. The standard InChI is InChI=1S/C12H21N3/c1-4-15(8-7-13-3)10-12-6-5-11(2)14-9-12/h5-6,9,13H,4,7-8,10H2,1-3H3. The molecule has 1 aromatic rings. The molecule has 1 aromatic heterocycles. The average molecular weight is 207 g/mol. The van der Waals surface area contributed by atoms with Gasteiger partial charge in [0.25, 0.3) is 0 Å². The fourth-order valence-corrected chi connectivity index (χ4v) is 1.47. The average Bonchev–Trinajstić information content (AvgIpc) is 2.27. The summed E-state index contributed by atoms with van der Waals surface area (Å²) in [5.41, 5.74) is 2.37. The molecule has 0 aliphatic carbocycles. The Hall–Kier alpha value is -0.930. The van der Waals surface area contributed by atoms with Gasteiger partial charge in [0, 0.05) is 31.5 Å². The van der Waals surface area contributed by atoms with Crippen molar-refractivity contribution in [2.45, 2.75) is 20.4 Å². The van der Waals surface area contributed by atoms with Gasteiger partial charge in [0.2, 0.25) is 0 Å². The van der Waals surface area contributed by atoms with Gasteiger partial charge in [-0.15, -0.1) is 0 Å². The monoisotopic (exact) mass is 207 g/mol. The van der Waals surface area contributed by atoms with Crippen molar-refractivity contribution in [3.63, 3.8) is 0 Å². The molecule has 0 spiro atoms. The van der Waals surface area contributed by atoms with Crippen molar-refractivity contribution in [1.29, 1.82) is 0 Å². The Morgan fingerprint density at radius 2 is 2.20 bits per heavy atom. The Bertz CT molecular complexity index is 269. The van der Waals surface area contributed by atoms with Gasteiger partial charge in [0.05, 0.1) is 0 Å². The van der Waals surface area contributed by atoms with Crippen LogP contribution in [0.5, 0.6) is 0 Å². The topological polar surface area (TPSA) is 28.2 Å². The summed E-state index contributed by atoms with van der Waals surface area (Å²) < 4.78 is 0. The highest BCUT2D eigenvalue weighted by Gasteiger charge is 2.02. The molecule has 0 amide bonds. The summed E-state index contributed by atoms with van der Waals surface area (Å²) in [6, 6.07) is 4.23. The molecule has 1 heterocycles. The van der Waals surface area contributed by atoms with Crippen molar-refractivity contribution >= 4 is 0 Å². The van der Waals surface area contributed by atoms with Crippen LogP contribution in [0.25, 0.3) is 0 Å². The smallest absolute Gasteiger partial charge is 0.0372 e. The fraction of sp³-hybridized carbons (Fsp3) is 0.583. The molecule has 0 aliphatic rings. The second-order valence-corrected chi connectivity index (χ2v) is 3.78. The maximum atomic E-state index is 4.30. The Balaban J connectivity index is 2.47. The molecular formula is C12H21N3. The SMILES string of the molecule is CCN(CCNC)Cc1ccc(C)nc1. The van der Waals surface area contributed by atoms with Crippen LogP contribution >= 0.6 is 0 Å². The first-order valence-electron chi connectivity index (χ1n) is 5.54. The molecule has 84 valence electrons. The first-order valence-corrected chi connectivity index (χ1v) is 5.54. The lowest BCUT2D eigenvalue weighted by Gasteiger charge is -2.19. The Labute approximate surface area is 92.5 Å². The van der Waals surface area contributed by atoms with Crippen LogP contribution in [0.15, 0.2) is 18.3 Å². The predicted octanol–water partition coefficient (Wildman–Crippen LogP) is 1.43. The second kappa shape index (κ2) is 6.53. The van der Waals surface area contributed by atoms with Crippen molar-refractivity contribution < 1.29 is 0 Å². The molecule has 0 unspecified atom stereocenters. The molecule has 0 saturated heterocycles. The van der Waals surface area contributed by atoms with Crippen LogP contribution < -0.4 is 5.32 Å². The van der Waals surface area contributed by atoms with Crippen molar-refractivity contribution in [3.05, 3.63) is 29.6 Å². The zero-order valence-electron chi connectivity index (χ0n) is 9.95. The van der Waals surface area contributed by atoms with Gasteiger partial charge >= 0.3 is 0 Å². The van der Waals surface area contributed by atoms with Crippen LogP contribution in [0.3, 0.4) is 0 Å². The highest BCUT2D eigenvalue weighted by Crippen LogP contribution is 2.03.